The second kappa shape index (κ2) is 6.80. The van der Waals surface area contributed by atoms with Crippen molar-refractivity contribution >= 4 is 23.6 Å². The van der Waals surface area contributed by atoms with E-state index in [-0.39, 0.29) is 12.5 Å². The molecule has 0 spiro atoms. The predicted octanol–water partition coefficient (Wildman–Crippen LogP) is 2.20. The first-order valence-electron chi connectivity index (χ1n) is 6.65. The third kappa shape index (κ3) is 3.15. The number of ether oxygens (including phenoxy) is 1. The zero-order chi connectivity index (χ0) is 15.3. The molecule has 0 saturated heterocycles. The zero-order valence-electron chi connectivity index (χ0n) is 12.3. The molecule has 1 heterocycles. The molecule has 0 aromatic carbocycles. The van der Waals surface area contributed by atoms with E-state index >= 15 is 0 Å². The number of hydrogen-bond acceptors (Lipinski definition) is 5. The minimum absolute atomic E-state index is 0.259. The van der Waals surface area contributed by atoms with Gasteiger partial charge in [-0.15, -0.1) is 11.8 Å². The van der Waals surface area contributed by atoms with Gasteiger partial charge in [0, 0.05) is 5.41 Å². The summed E-state index contributed by atoms with van der Waals surface area (Å²) >= 11 is 1.42. The van der Waals surface area contributed by atoms with E-state index in [9.17, 15) is 14.9 Å². The largest absolute Gasteiger partial charge is 0.463 e. The van der Waals surface area contributed by atoms with Crippen LogP contribution in [0.1, 0.15) is 34.1 Å². The zero-order valence-corrected chi connectivity index (χ0v) is 13.1. The number of amides is 1. The number of esters is 1. The minimum Gasteiger partial charge on any atom is -0.463 e. The van der Waals surface area contributed by atoms with E-state index in [1.54, 1.807) is 20.8 Å². The van der Waals surface area contributed by atoms with Crippen LogP contribution in [0.25, 0.3) is 0 Å². The number of thioether (sulfide) groups is 1. The van der Waals surface area contributed by atoms with Crippen LogP contribution in [0.15, 0.2) is 10.6 Å². The van der Waals surface area contributed by atoms with Gasteiger partial charge in [-0.25, -0.2) is 4.79 Å². The molecular formula is C14H20N2O3S. The van der Waals surface area contributed by atoms with Crippen molar-refractivity contribution < 1.29 is 14.3 Å². The van der Waals surface area contributed by atoms with Crippen LogP contribution in [0.5, 0.6) is 0 Å². The van der Waals surface area contributed by atoms with Gasteiger partial charge in [-0.2, -0.15) is 5.26 Å². The molecule has 0 aliphatic carbocycles. The Bertz CT molecular complexity index is 477. The summed E-state index contributed by atoms with van der Waals surface area (Å²) in [6.45, 7) is 7.48. The molecule has 110 valence electrons. The summed E-state index contributed by atoms with van der Waals surface area (Å²) in [5.41, 5.74) is -0.469. The Balaban J connectivity index is 3.29. The van der Waals surface area contributed by atoms with E-state index in [0.717, 1.165) is 12.2 Å². The number of rotatable bonds is 5. The second-order valence-corrected chi connectivity index (χ2v) is 6.15. The lowest BCUT2D eigenvalue weighted by Gasteiger charge is -2.36. The standard InChI is InChI=1S/C14H20N2O3S/c1-5-7-20-12-10(13(18)19-6-2)14(3,4)9(8-15)11(17)16-12/h9H,5-7H2,1-4H3,(H,16,17)/t9-/m1/s1. The van der Waals surface area contributed by atoms with Crippen molar-refractivity contribution in [3.63, 3.8) is 0 Å². The summed E-state index contributed by atoms with van der Waals surface area (Å²) in [5.74, 6) is -0.931. The first kappa shape index (κ1) is 16.6. The van der Waals surface area contributed by atoms with Crippen molar-refractivity contribution in [2.45, 2.75) is 34.1 Å². The van der Waals surface area contributed by atoms with Gasteiger partial charge in [0.2, 0.25) is 5.91 Å². The molecule has 0 saturated carbocycles. The van der Waals surface area contributed by atoms with Gasteiger partial charge in [0.15, 0.2) is 0 Å². The quantitative estimate of drug-likeness (QED) is 0.787. The fourth-order valence-corrected chi connectivity index (χ4v) is 3.17. The molecule has 0 radical (unpaired) electrons. The molecule has 6 heteroatoms. The van der Waals surface area contributed by atoms with E-state index in [2.05, 4.69) is 5.32 Å². The number of nitrogens with zero attached hydrogens (tertiary/aromatic N) is 1. The van der Waals surface area contributed by atoms with Crippen LogP contribution < -0.4 is 5.32 Å². The Morgan fingerprint density at radius 1 is 1.50 bits per heavy atom. The molecular weight excluding hydrogens is 276 g/mol. The van der Waals surface area contributed by atoms with E-state index < -0.39 is 17.3 Å². The highest BCUT2D eigenvalue weighted by Crippen LogP contribution is 2.42. The smallest absolute Gasteiger partial charge is 0.337 e. The van der Waals surface area contributed by atoms with Crippen molar-refractivity contribution in [2.24, 2.45) is 11.3 Å². The van der Waals surface area contributed by atoms with Gasteiger partial charge in [0.05, 0.1) is 23.3 Å². The molecule has 0 aromatic heterocycles. The highest BCUT2D eigenvalue weighted by molar-refractivity contribution is 8.03. The van der Waals surface area contributed by atoms with Gasteiger partial charge in [-0.1, -0.05) is 20.8 Å². The average molecular weight is 296 g/mol. The van der Waals surface area contributed by atoms with Gasteiger partial charge in [-0.05, 0) is 19.1 Å². The fourth-order valence-electron chi connectivity index (χ4n) is 2.10. The molecule has 20 heavy (non-hydrogen) atoms. The number of nitrogens with one attached hydrogen (secondary N) is 1. The number of nitriles is 1. The van der Waals surface area contributed by atoms with Crippen molar-refractivity contribution in [3.05, 3.63) is 10.6 Å². The number of hydrogen-bond donors (Lipinski definition) is 1. The highest BCUT2D eigenvalue weighted by atomic mass is 32.2. The lowest BCUT2D eigenvalue weighted by Crippen LogP contribution is -2.47. The maximum absolute atomic E-state index is 12.2. The molecule has 1 aliphatic heterocycles. The molecule has 1 rings (SSSR count). The molecule has 5 nitrogen and oxygen atoms in total. The van der Waals surface area contributed by atoms with E-state index in [0.29, 0.717) is 10.6 Å². The topological polar surface area (TPSA) is 79.2 Å². The molecule has 0 fully saturated rings. The van der Waals surface area contributed by atoms with Crippen molar-refractivity contribution in [1.82, 2.24) is 5.32 Å². The van der Waals surface area contributed by atoms with Crippen LogP contribution in [-0.2, 0) is 14.3 Å². The fraction of sp³-hybridized carbons (Fsp3) is 0.643. The second-order valence-electron chi connectivity index (χ2n) is 5.05. The summed E-state index contributed by atoms with van der Waals surface area (Å²) in [6.07, 6.45) is 0.919. The summed E-state index contributed by atoms with van der Waals surface area (Å²) < 4.78 is 5.08. The summed E-state index contributed by atoms with van der Waals surface area (Å²) in [6, 6.07) is 1.98. The summed E-state index contributed by atoms with van der Waals surface area (Å²) in [4.78, 5) is 24.2. The summed E-state index contributed by atoms with van der Waals surface area (Å²) in [7, 11) is 0. The Labute approximate surface area is 123 Å². The van der Waals surface area contributed by atoms with Gasteiger partial charge in [0.25, 0.3) is 0 Å². The molecule has 1 atom stereocenters. The lowest BCUT2D eigenvalue weighted by atomic mass is 9.71. The van der Waals surface area contributed by atoms with Crippen molar-refractivity contribution in [3.8, 4) is 6.07 Å². The molecule has 1 N–H and O–H groups in total. The molecule has 1 aliphatic rings. The number of carbonyl (C=O) groups is 2. The van der Waals surface area contributed by atoms with Crippen LogP contribution in [0.2, 0.25) is 0 Å². The highest BCUT2D eigenvalue weighted by Gasteiger charge is 2.47. The van der Waals surface area contributed by atoms with Crippen LogP contribution in [0.4, 0.5) is 0 Å². The Hall–Kier alpha value is -1.48. The molecule has 0 unspecified atom stereocenters. The molecule has 1 amide bonds. The lowest BCUT2D eigenvalue weighted by molar-refractivity contribution is -0.140. The van der Waals surface area contributed by atoms with Crippen LogP contribution in [0, 0.1) is 22.7 Å². The monoisotopic (exact) mass is 296 g/mol. The Morgan fingerprint density at radius 3 is 2.65 bits per heavy atom. The van der Waals surface area contributed by atoms with E-state index in [4.69, 9.17) is 4.74 Å². The normalized spacial score (nSPS) is 21.1. The van der Waals surface area contributed by atoms with Crippen molar-refractivity contribution in [1.29, 1.82) is 5.26 Å². The first-order chi connectivity index (χ1) is 9.39. The molecule has 0 bridgehead atoms. The predicted molar refractivity (Wildman–Crippen MR) is 77.4 cm³/mol. The van der Waals surface area contributed by atoms with Crippen LogP contribution >= 0.6 is 11.8 Å². The average Bonchev–Trinajstić information content (AvgIpc) is 2.35. The van der Waals surface area contributed by atoms with Crippen LogP contribution in [-0.4, -0.2) is 24.2 Å². The SMILES string of the molecule is CCCSC1=C(C(=O)OCC)C(C)(C)[C@H](C#N)C(=O)N1. The van der Waals surface area contributed by atoms with Crippen molar-refractivity contribution in [2.75, 3.05) is 12.4 Å². The Kier molecular flexibility index (Phi) is 5.63. The van der Waals surface area contributed by atoms with E-state index in [1.165, 1.54) is 11.8 Å². The van der Waals surface area contributed by atoms with Gasteiger partial charge < -0.3 is 10.1 Å². The van der Waals surface area contributed by atoms with Crippen LogP contribution in [0.3, 0.4) is 0 Å². The minimum atomic E-state index is -0.895. The van der Waals surface area contributed by atoms with Gasteiger partial charge >= 0.3 is 5.97 Å². The van der Waals surface area contributed by atoms with Gasteiger partial charge in [0.1, 0.15) is 5.92 Å². The number of carbonyl (C=O) groups excluding carboxylic acids is 2. The molecule has 0 aromatic rings. The summed E-state index contributed by atoms with van der Waals surface area (Å²) in [5, 5.41) is 12.4. The third-order valence-corrected chi connectivity index (χ3v) is 4.36. The van der Waals surface area contributed by atoms with E-state index in [1.807, 2.05) is 13.0 Å². The maximum Gasteiger partial charge on any atom is 0.337 e. The van der Waals surface area contributed by atoms with Gasteiger partial charge in [-0.3, -0.25) is 4.79 Å². The maximum atomic E-state index is 12.2. The third-order valence-electron chi connectivity index (χ3n) is 3.15. The Morgan fingerprint density at radius 2 is 2.15 bits per heavy atom. The first-order valence-corrected chi connectivity index (χ1v) is 7.63.